The first kappa shape index (κ1) is 10.6. The van der Waals surface area contributed by atoms with Gasteiger partial charge in [-0.1, -0.05) is 12.2 Å². The van der Waals surface area contributed by atoms with Gasteiger partial charge in [0.1, 0.15) is 0 Å². The van der Waals surface area contributed by atoms with Crippen LogP contribution in [0.4, 0.5) is 0 Å². The van der Waals surface area contributed by atoms with Crippen LogP contribution in [0.25, 0.3) is 0 Å². The fourth-order valence-electron chi connectivity index (χ4n) is 0.601. The third kappa shape index (κ3) is 6.04. The molecular formula is C8H17NO2. The Morgan fingerprint density at radius 1 is 1.64 bits per heavy atom. The highest BCUT2D eigenvalue weighted by Gasteiger charge is 2.17. The zero-order valence-corrected chi connectivity index (χ0v) is 7.22. The summed E-state index contributed by atoms with van der Waals surface area (Å²) >= 11 is 0. The van der Waals surface area contributed by atoms with Crippen LogP contribution in [-0.4, -0.2) is 35.5 Å². The van der Waals surface area contributed by atoms with E-state index in [0.717, 1.165) is 5.57 Å². The van der Waals surface area contributed by atoms with Gasteiger partial charge in [-0.2, -0.15) is 0 Å². The van der Waals surface area contributed by atoms with Crippen LogP contribution in [0.3, 0.4) is 0 Å². The molecule has 0 aliphatic carbocycles. The minimum absolute atomic E-state index is 0.226. The summed E-state index contributed by atoms with van der Waals surface area (Å²) in [6.07, 6.45) is 0. The van der Waals surface area contributed by atoms with Crippen LogP contribution in [0.15, 0.2) is 12.2 Å². The van der Waals surface area contributed by atoms with Gasteiger partial charge in [-0.05, 0) is 13.8 Å². The van der Waals surface area contributed by atoms with Crippen molar-refractivity contribution in [2.45, 2.75) is 19.4 Å². The van der Waals surface area contributed by atoms with Gasteiger partial charge >= 0.3 is 0 Å². The Morgan fingerprint density at radius 3 is 2.55 bits per heavy atom. The van der Waals surface area contributed by atoms with E-state index in [4.69, 9.17) is 5.11 Å². The van der Waals surface area contributed by atoms with Gasteiger partial charge in [-0.25, -0.2) is 0 Å². The van der Waals surface area contributed by atoms with E-state index >= 15 is 0 Å². The lowest BCUT2D eigenvalue weighted by atomic mass is 10.1. The predicted molar refractivity (Wildman–Crippen MR) is 45.4 cm³/mol. The Balaban J connectivity index is 3.45. The van der Waals surface area contributed by atoms with E-state index in [1.807, 2.05) is 6.92 Å². The molecule has 0 heterocycles. The normalized spacial score (nSPS) is 16.0. The van der Waals surface area contributed by atoms with E-state index in [0.29, 0.717) is 13.1 Å². The molecule has 0 radical (unpaired) electrons. The molecule has 0 saturated carbocycles. The molecule has 0 rings (SSSR count). The second-order valence-electron chi connectivity index (χ2n) is 3.22. The molecule has 3 heteroatoms. The van der Waals surface area contributed by atoms with Gasteiger partial charge < -0.3 is 15.5 Å². The molecule has 0 spiro atoms. The minimum atomic E-state index is -1.02. The number of aliphatic hydroxyl groups excluding tert-OH is 1. The maximum atomic E-state index is 9.29. The summed E-state index contributed by atoms with van der Waals surface area (Å²) < 4.78 is 0. The smallest absolute Gasteiger partial charge is 0.0972 e. The number of nitrogens with one attached hydrogen (secondary N) is 1. The van der Waals surface area contributed by atoms with E-state index in [-0.39, 0.29) is 6.61 Å². The summed E-state index contributed by atoms with van der Waals surface area (Å²) in [5.41, 5.74) is -0.00568. The van der Waals surface area contributed by atoms with Crippen LogP contribution >= 0.6 is 0 Å². The minimum Gasteiger partial charge on any atom is -0.393 e. The second kappa shape index (κ2) is 4.49. The molecule has 66 valence electrons. The zero-order valence-electron chi connectivity index (χ0n) is 7.22. The van der Waals surface area contributed by atoms with Gasteiger partial charge in [-0.15, -0.1) is 0 Å². The summed E-state index contributed by atoms with van der Waals surface area (Å²) in [6.45, 7) is 8.02. The molecule has 0 amide bonds. The first-order valence-electron chi connectivity index (χ1n) is 3.66. The Hall–Kier alpha value is -0.380. The second-order valence-corrected chi connectivity index (χ2v) is 3.22. The molecule has 0 aliphatic rings. The number of hydrogen-bond donors (Lipinski definition) is 3. The van der Waals surface area contributed by atoms with Crippen LogP contribution in [0.2, 0.25) is 0 Å². The summed E-state index contributed by atoms with van der Waals surface area (Å²) in [5, 5.41) is 20.9. The van der Waals surface area contributed by atoms with E-state index in [2.05, 4.69) is 11.9 Å². The third-order valence-corrected chi connectivity index (χ3v) is 1.27. The number of rotatable bonds is 5. The topological polar surface area (TPSA) is 52.5 Å². The van der Waals surface area contributed by atoms with Gasteiger partial charge in [0.05, 0.1) is 12.2 Å². The lowest BCUT2D eigenvalue weighted by Gasteiger charge is -2.20. The molecule has 0 aromatic carbocycles. The van der Waals surface area contributed by atoms with Crippen molar-refractivity contribution in [3.63, 3.8) is 0 Å². The van der Waals surface area contributed by atoms with E-state index in [9.17, 15) is 5.11 Å². The van der Waals surface area contributed by atoms with Crippen LogP contribution in [0, 0.1) is 0 Å². The first-order valence-corrected chi connectivity index (χ1v) is 3.66. The summed E-state index contributed by atoms with van der Waals surface area (Å²) in [5.74, 6) is 0. The molecule has 0 saturated heterocycles. The number of hydrogen-bond acceptors (Lipinski definition) is 3. The molecule has 0 fully saturated rings. The molecular weight excluding hydrogens is 142 g/mol. The van der Waals surface area contributed by atoms with Crippen LogP contribution in [0.5, 0.6) is 0 Å². The van der Waals surface area contributed by atoms with Gasteiger partial charge in [0, 0.05) is 13.1 Å². The van der Waals surface area contributed by atoms with E-state index < -0.39 is 5.60 Å². The predicted octanol–water partition coefficient (Wildman–Crippen LogP) is -0.105. The standard InChI is InChI=1S/C8H17NO2/c1-7(2)4-9-5-8(3,11)6-10/h9-11H,1,4-6H2,2-3H3. The molecule has 1 atom stereocenters. The van der Waals surface area contributed by atoms with Crippen molar-refractivity contribution in [3.8, 4) is 0 Å². The Morgan fingerprint density at radius 2 is 2.18 bits per heavy atom. The van der Waals surface area contributed by atoms with Gasteiger partial charge in [0.25, 0.3) is 0 Å². The van der Waals surface area contributed by atoms with Crippen LogP contribution in [0.1, 0.15) is 13.8 Å². The van der Waals surface area contributed by atoms with Crippen molar-refractivity contribution in [3.05, 3.63) is 12.2 Å². The Bertz CT molecular complexity index is 132. The molecule has 3 nitrogen and oxygen atoms in total. The zero-order chi connectivity index (χ0) is 8.91. The van der Waals surface area contributed by atoms with Gasteiger partial charge in [0.2, 0.25) is 0 Å². The molecule has 3 N–H and O–H groups in total. The summed E-state index contributed by atoms with van der Waals surface area (Å²) in [4.78, 5) is 0. The highest BCUT2D eigenvalue weighted by atomic mass is 16.3. The van der Waals surface area contributed by atoms with Crippen molar-refractivity contribution in [2.75, 3.05) is 19.7 Å². The average molecular weight is 159 g/mol. The van der Waals surface area contributed by atoms with Crippen molar-refractivity contribution < 1.29 is 10.2 Å². The largest absolute Gasteiger partial charge is 0.393 e. The Kier molecular flexibility index (Phi) is 4.33. The Labute approximate surface area is 67.7 Å². The fraction of sp³-hybridized carbons (Fsp3) is 0.750. The first-order chi connectivity index (χ1) is 4.98. The van der Waals surface area contributed by atoms with Crippen molar-refractivity contribution >= 4 is 0 Å². The number of aliphatic hydroxyl groups is 2. The van der Waals surface area contributed by atoms with Gasteiger partial charge in [-0.3, -0.25) is 0 Å². The lowest BCUT2D eigenvalue weighted by molar-refractivity contribution is 0.00339. The molecule has 0 aromatic rings. The third-order valence-electron chi connectivity index (χ3n) is 1.27. The highest BCUT2D eigenvalue weighted by Crippen LogP contribution is 1.98. The van der Waals surface area contributed by atoms with Gasteiger partial charge in [0.15, 0.2) is 0 Å². The SMILES string of the molecule is C=C(C)CNCC(C)(O)CO. The highest BCUT2D eigenvalue weighted by molar-refractivity contribution is 4.91. The summed E-state index contributed by atoms with van der Waals surface area (Å²) in [7, 11) is 0. The average Bonchev–Trinajstić information content (AvgIpc) is 1.87. The lowest BCUT2D eigenvalue weighted by Crippen LogP contribution is -2.41. The molecule has 0 aliphatic heterocycles. The monoisotopic (exact) mass is 159 g/mol. The fourth-order valence-corrected chi connectivity index (χ4v) is 0.601. The van der Waals surface area contributed by atoms with E-state index in [1.165, 1.54) is 0 Å². The van der Waals surface area contributed by atoms with Crippen molar-refractivity contribution in [1.82, 2.24) is 5.32 Å². The van der Waals surface area contributed by atoms with E-state index in [1.54, 1.807) is 6.92 Å². The molecule has 0 aromatic heterocycles. The van der Waals surface area contributed by atoms with Crippen LogP contribution in [-0.2, 0) is 0 Å². The van der Waals surface area contributed by atoms with Crippen molar-refractivity contribution in [1.29, 1.82) is 0 Å². The quantitative estimate of drug-likeness (QED) is 0.491. The molecule has 1 unspecified atom stereocenters. The van der Waals surface area contributed by atoms with Crippen molar-refractivity contribution in [2.24, 2.45) is 0 Å². The maximum absolute atomic E-state index is 9.29. The van der Waals surface area contributed by atoms with Crippen LogP contribution < -0.4 is 5.32 Å². The molecule has 0 bridgehead atoms. The summed E-state index contributed by atoms with van der Waals surface area (Å²) in [6, 6.07) is 0. The molecule has 11 heavy (non-hydrogen) atoms. The maximum Gasteiger partial charge on any atom is 0.0972 e.